The molecule has 0 amide bonds. The molecule has 4 heteroatoms. The molecule has 0 radical (unpaired) electrons. The van der Waals surface area contributed by atoms with Crippen LogP contribution in [0.5, 0.6) is 0 Å². The number of nitrogens with one attached hydrogen (secondary N) is 1. The molecule has 0 aliphatic heterocycles. The zero-order valence-electron chi connectivity index (χ0n) is 11.4. The maximum absolute atomic E-state index is 6.08. The zero-order chi connectivity index (χ0) is 13.3. The second kappa shape index (κ2) is 4.85. The molecule has 2 aromatic rings. The van der Waals surface area contributed by atoms with Gasteiger partial charge in [0.1, 0.15) is 11.4 Å². The van der Waals surface area contributed by atoms with Gasteiger partial charge in [-0.25, -0.2) is 4.98 Å². The van der Waals surface area contributed by atoms with Gasteiger partial charge in [0, 0.05) is 12.7 Å². The fraction of sp³-hybridized carbons (Fsp3) is 0.533. The molecule has 2 atom stereocenters. The number of nitrogens with two attached hydrogens (primary N) is 1. The van der Waals surface area contributed by atoms with Crippen molar-refractivity contribution in [3.05, 3.63) is 24.6 Å². The van der Waals surface area contributed by atoms with Crippen molar-refractivity contribution in [1.82, 2.24) is 4.98 Å². The van der Waals surface area contributed by atoms with Crippen LogP contribution in [0.25, 0.3) is 11.0 Å². The Morgan fingerprint density at radius 2 is 2.37 bits per heavy atom. The van der Waals surface area contributed by atoms with Crippen molar-refractivity contribution in [2.24, 2.45) is 11.7 Å². The van der Waals surface area contributed by atoms with Crippen molar-refractivity contribution < 1.29 is 4.42 Å². The van der Waals surface area contributed by atoms with E-state index in [0.29, 0.717) is 12.5 Å². The molecule has 0 saturated heterocycles. The summed E-state index contributed by atoms with van der Waals surface area (Å²) in [6.45, 7) is 2.93. The van der Waals surface area contributed by atoms with Gasteiger partial charge >= 0.3 is 0 Å². The van der Waals surface area contributed by atoms with Crippen molar-refractivity contribution in [1.29, 1.82) is 0 Å². The van der Waals surface area contributed by atoms with E-state index in [1.807, 2.05) is 12.1 Å². The van der Waals surface area contributed by atoms with Crippen LogP contribution in [0.4, 0.5) is 5.82 Å². The fourth-order valence-corrected chi connectivity index (χ4v) is 3.18. The summed E-state index contributed by atoms with van der Waals surface area (Å²) in [7, 11) is 0. The summed E-state index contributed by atoms with van der Waals surface area (Å²) in [6, 6.07) is 3.85. The SMILES string of the molecule is CC1CCCCC1(CN)Nc1nccc2occc12. The topological polar surface area (TPSA) is 64.1 Å². The molecule has 1 fully saturated rings. The largest absolute Gasteiger partial charge is 0.464 e. The minimum Gasteiger partial charge on any atom is -0.464 e. The van der Waals surface area contributed by atoms with Crippen LogP contribution >= 0.6 is 0 Å². The molecule has 1 aliphatic rings. The first-order valence-electron chi connectivity index (χ1n) is 7.06. The molecular weight excluding hydrogens is 238 g/mol. The number of aromatic nitrogens is 1. The standard InChI is InChI=1S/C15H21N3O/c1-11-4-2-3-7-15(11,10-16)18-14-12-6-9-19-13(12)5-8-17-14/h5-6,8-9,11H,2-4,7,10,16H2,1H3,(H,17,18). The Kier molecular flexibility index (Phi) is 3.19. The Morgan fingerprint density at radius 3 is 3.16 bits per heavy atom. The third-order valence-corrected chi connectivity index (χ3v) is 4.56. The molecule has 102 valence electrons. The Balaban J connectivity index is 1.96. The van der Waals surface area contributed by atoms with Crippen molar-refractivity contribution >= 4 is 16.8 Å². The number of anilines is 1. The lowest BCUT2D eigenvalue weighted by molar-refractivity contribution is 0.235. The monoisotopic (exact) mass is 259 g/mol. The fourth-order valence-electron chi connectivity index (χ4n) is 3.18. The summed E-state index contributed by atoms with van der Waals surface area (Å²) in [5.41, 5.74) is 6.92. The van der Waals surface area contributed by atoms with Gasteiger partial charge in [0.25, 0.3) is 0 Å². The summed E-state index contributed by atoms with van der Waals surface area (Å²) in [4.78, 5) is 4.47. The van der Waals surface area contributed by atoms with E-state index >= 15 is 0 Å². The minimum atomic E-state index is -0.0309. The van der Waals surface area contributed by atoms with Crippen LogP contribution in [0.3, 0.4) is 0 Å². The van der Waals surface area contributed by atoms with Gasteiger partial charge in [0.15, 0.2) is 0 Å². The molecule has 4 nitrogen and oxygen atoms in total. The van der Waals surface area contributed by atoms with Gasteiger partial charge in [0.05, 0.1) is 17.2 Å². The predicted molar refractivity (Wildman–Crippen MR) is 77.0 cm³/mol. The number of pyridine rings is 1. The van der Waals surface area contributed by atoms with E-state index in [4.69, 9.17) is 10.2 Å². The molecule has 0 spiro atoms. The molecule has 0 aromatic carbocycles. The van der Waals surface area contributed by atoms with Gasteiger partial charge in [-0.05, 0) is 30.9 Å². The van der Waals surface area contributed by atoms with Crippen molar-refractivity contribution in [2.45, 2.75) is 38.1 Å². The average molecular weight is 259 g/mol. The Labute approximate surface area is 113 Å². The highest BCUT2D eigenvalue weighted by Gasteiger charge is 2.37. The smallest absolute Gasteiger partial charge is 0.139 e. The van der Waals surface area contributed by atoms with Crippen LogP contribution < -0.4 is 11.1 Å². The van der Waals surface area contributed by atoms with E-state index in [-0.39, 0.29) is 5.54 Å². The predicted octanol–water partition coefficient (Wildman–Crippen LogP) is 3.15. The summed E-state index contributed by atoms with van der Waals surface area (Å²) in [6.07, 6.45) is 8.36. The zero-order valence-corrected chi connectivity index (χ0v) is 11.4. The maximum Gasteiger partial charge on any atom is 0.139 e. The van der Waals surface area contributed by atoms with Crippen LogP contribution in [0.2, 0.25) is 0 Å². The van der Waals surface area contributed by atoms with Crippen molar-refractivity contribution in [3.8, 4) is 0 Å². The second-order valence-electron chi connectivity index (χ2n) is 5.62. The number of hydrogen-bond acceptors (Lipinski definition) is 4. The van der Waals surface area contributed by atoms with Gasteiger partial charge in [-0.15, -0.1) is 0 Å². The first-order chi connectivity index (χ1) is 9.25. The molecule has 3 rings (SSSR count). The number of rotatable bonds is 3. The second-order valence-corrected chi connectivity index (χ2v) is 5.62. The first kappa shape index (κ1) is 12.5. The molecule has 3 N–H and O–H groups in total. The van der Waals surface area contributed by atoms with E-state index in [0.717, 1.165) is 23.2 Å². The van der Waals surface area contributed by atoms with Gasteiger partial charge in [0.2, 0.25) is 0 Å². The van der Waals surface area contributed by atoms with Gasteiger partial charge in [-0.1, -0.05) is 19.8 Å². The number of fused-ring (bicyclic) bond motifs is 1. The highest BCUT2D eigenvalue weighted by atomic mass is 16.3. The molecule has 2 unspecified atom stereocenters. The van der Waals surface area contributed by atoms with E-state index in [2.05, 4.69) is 17.2 Å². The summed E-state index contributed by atoms with van der Waals surface area (Å²) in [5, 5.41) is 4.66. The number of hydrogen-bond donors (Lipinski definition) is 2. The van der Waals surface area contributed by atoms with Gasteiger partial charge in [-0.2, -0.15) is 0 Å². The molecule has 2 aromatic heterocycles. The third kappa shape index (κ3) is 2.10. The van der Waals surface area contributed by atoms with Crippen LogP contribution in [0, 0.1) is 5.92 Å². The van der Waals surface area contributed by atoms with E-state index in [1.54, 1.807) is 12.5 Å². The minimum absolute atomic E-state index is 0.0309. The quantitative estimate of drug-likeness (QED) is 0.888. The maximum atomic E-state index is 6.08. The Hall–Kier alpha value is -1.55. The van der Waals surface area contributed by atoms with E-state index in [9.17, 15) is 0 Å². The lowest BCUT2D eigenvalue weighted by atomic mass is 9.73. The lowest BCUT2D eigenvalue weighted by Crippen LogP contribution is -2.52. The highest BCUT2D eigenvalue weighted by Crippen LogP contribution is 2.36. The molecule has 1 saturated carbocycles. The van der Waals surface area contributed by atoms with Crippen LogP contribution in [0.15, 0.2) is 29.0 Å². The third-order valence-electron chi connectivity index (χ3n) is 4.56. The number of furan rings is 1. The first-order valence-corrected chi connectivity index (χ1v) is 7.06. The molecule has 0 bridgehead atoms. The Morgan fingerprint density at radius 1 is 1.47 bits per heavy atom. The molecule has 19 heavy (non-hydrogen) atoms. The van der Waals surface area contributed by atoms with E-state index in [1.165, 1.54) is 19.3 Å². The van der Waals surface area contributed by atoms with E-state index < -0.39 is 0 Å². The van der Waals surface area contributed by atoms with Crippen LogP contribution in [-0.4, -0.2) is 17.1 Å². The summed E-state index contributed by atoms with van der Waals surface area (Å²) < 4.78 is 5.43. The molecule has 1 aliphatic carbocycles. The normalized spacial score (nSPS) is 27.6. The highest BCUT2D eigenvalue weighted by molar-refractivity contribution is 5.88. The van der Waals surface area contributed by atoms with Crippen molar-refractivity contribution in [3.63, 3.8) is 0 Å². The average Bonchev–Trinajstić information content (AvgIpc) is 2.91. The lowest BCUT2D eigenvalue weighted by Gasteiger charge is -2.43. The molecular formula is C15H21N3O. The Bertz CT molecular complexity index is 565. The van der Waals surface area contributed by atoms with Gasteiger partial charge in [-0.3, -0.25) is 0 Å². The molecule has 2 heterocycles. The van der Waals surface area contributed by atoms with Crippen molar-refractivity contribution in [2.75, 3.05) is 11.9 Å². The summed E-state index contributed by atoms with van der Waals surface area (Å²) >= 11 is 0. The number of nitrogens with zero attached hydrogens (tertiary/aromatic N) is 1. The summed E-state index contributed by atoms with van der Waals surface area (Å²) in [5.74, 6) is 1.46. The van der Waals surface area contributed by atoms with Crippen LogP contribution in [-0.2, 0) is 0 Å². The van der Waals surface area contributed by atoms with Gasteiger partial charge < -0.3 is 15.5 Å². The van der Waals surface area contributed by atoms with Crippen LogP contribution in [0.1, 0.15) is 32.6 Å².